The quantitative estimate of drug-likeness (QED) is 0.799. The zero-order chi connectivity index (χ0) is 21.0. The first-order valence-electron chi connectivity index (χ1n) is 9.92. The van der Waals surface area contributed by atoms with Crippen molar-refractivity contribution in [2.45, 2.75) is 45.8 Å². The number of nitrogens with one attached hydrogen (secondary N) is 1. The number of halogens is 1. The van der Waals surface area contributed by atoms with E-state index < -0.39 is 6.10 Å². The molecule has 1 saturated heterocycles. The summed E-state index contributed by atoms with van der Waals surface area (Å²) in [6.45, 7) is 6.99. The highest BCUT2D eigenvalue weighted by molar-refractivity contribution is 6.30. The Labute approximate surface area is 177 Å². The molecular weight excluding hydrogens is 388 g/mol. The summed E-state index contributed by atoms with van der Waals surface area (Å²) in [6, 6.07) is 12.8. The number of aryl methyl sites for hydroxylation is 2. The van der Waals surface area contributed by atoms with Crippen molar-refractivity contribution < 1.29 is 14.3 Å². The van der Waals surface area contributed by atoms with E-state index in [2.05, 4.69) is 5.32 Å². The van der Waals surface area contributed by atoms with Crippen LogP contribution in [0.3, 0.4) is 0 Å². The maximum atomic E-state index is 12.7. The molecule has 154 valence electrons. The van der Waals surface area contributed by atoms with E-state index in [0.29, 0.717) is 29.4 Å². The van der Waals surface area contributed by atoms with Gasteiger partial charge in [0, 0.05) is 29.7 Å². The minimum Gasteiger partial charge on any atom is -0.481 e. The Morgan fingerprint density at radius 3 is 2.34 bits per heavy atom. The van der Waals surface area contributed by atoms with Gasteiger partial charge in [-0.1, -0.05) is 17.7 Å². The normalized spacial score (nSPS) is 15.7. The lowest BCUT2D eigenvalue weighted by molar-refractivity contribution is -0.139. The van der Waals surface area contributed by atoms with Gasteiger partial charge in [0.1, 0.15) is 5.75 Å². The second kappa shape index (κ2) is 9.31. The largest absolute Gasteiger partial charge is 0.481 e. The fourth-order valence-electron chi connectivity index (χ4n) is 3.42. The number of ether oxygens (including phenoxy) is 1. The monoisotopic (exact) mass is 414 g/mol. The van der Waals surface area contributed by atoms with Gasteiger partial charge in [0.2, 0.25) is 0 Å². The molecule has 0 saturated carbocycles. The van der Waals surface area contributed by atoms with Gasteiger partial charge in [-0.3, -0.25) is 9.59 Å². The van der Waals surface area contributed by atoms with Crippen molar-refractivity contribution >= 4 is 23.4 Å². The van der Waals surface area contributed by atoms with Crippen LogP contribution in [0.25, 0.3) is 0 Å². The van der Waals surface area contributed by atoms with Crippen molar-refractivity contribution in [3.05, 3.63) is 64.2 Å². The molecule has 0 aromatic heterocycles. The molecule has 1 N–H and O–H groups in total. The van der Waals surface area contributed by atoms with Crippen LogP contribution in [-0.2, 0) is 4.79 Å². The van der Waals surface area contributed by atoms with Crippen LogP contribution in [0, 0.1) is 13.8 Å². The van der Waals surface area contributed by atoms with E-state index >= 15 is 0 Å². The predicted octanol–water partition coefficient (Wildman–Crippen LogP) is 4.15. The Kier molecular flexibility index (Phi) is 6.80. The van der Waals surface area contributed by atoms with E-state index in [1.54, 1.807) is 36.1 Å². The van der Waals surface area contributed by atoms with Crippen molar-refractivity contribution in [1.82, 2.24) is 10.2 Å². The molecule has 0 spiro atoms. The predicted molar refractivity (Wildman–Crippen MR) is 115 cm³/mol. The highest BCUT2D eigenvalue weighted by atomic mass is 35.5. The molecule has 0 bridgehead atoms. The summed E-state index contributed by atoms with van der Waals surface area (Å²) in [5.41, 5.74) is 2.95. The van der Waals surface area contributed by atoms with Crippen molar-refractivity contribution in [2.75, 3.05) is 13.1 Å². The number of likely N-dealkylation sites (tertiary alicyclic amines) is 1. The summed E-state index contributed by atoms with van der Waals surface area (Å²) < 4.78 is 5.73. The average Bonchev–Trinajstić information content (AvgIpc) is 2.71. The Morgan fingerprint density at radius 2 is 1.72 bits per heavy atom. The first-order chi connectivity index (χ1) is 13.8. The number of carbonyl (C=O) groups excluding carboxylic acids is 2. The average molecular weight is 415 g/mol. The second-order valence-corrected chi connectivity index (χ2v) is 8.02. The van der Waals surface area contributed by atoms with Gasteiger partial charge >= 0.3 is 0 Å². The highest BCUT2D eigenvalue weighted by Gasteiger charge is 2.28. The Balaban J connectivity index is 1.49. The molecule has 1 fully saturated rings. The molecule has 29 heavy (non-hydrogen) atoms. The van der Waals surface area contributed by atoms with Gasteiger partial charge in [-0.15, -0.1) is 0 Å². The molecule has 1 atom stereocenters. The van der Waals surface area contributed by atoms with Gasteiger partial charge in [-0.25, -0.2) is 0 Å². The minimum atomic E-state index is -0.571. The summed E-state index contributed by atoms with van der Waals surface area (Å²) in [6.07, 6.45) is 0.893. The van der Waals surface area contributed by atoms with Crippen LogP contribution in [0.15, 0.2) is 42.5 Å². The first-order valence-corrected chi connectivity index (χ1v) is 10.3. The maximum absolute atomic E-state index is 12.7. The molecule has 0 aliphatic carbocycles. The molecule has 0 radical (unpaired) electrons. The van der Waals surface area contributed by atoms with Gasteiger partial charge in [0.15, 0.2) is 6.10 Å². The maximum Gasteiger partial charge on any atom is 0.263 e. The SMILES string of the molecule is Cc1ccc(C(=O)NC2CCN(C(=O)C(C)Oc3ccc(Cl)cc3)CC2)cc1C. The number of hydrogen-bond donors (Lipinski definition) is 1. The van der Waals surface area contributed by atoms with Crippen molar-refractivity contribution in [3.63, 3.8) is 0 Å². The highest BCUT2D eigenvalue weighted by Crippen LogP contribution is 2.19. The molecular formula is C23H27ClN2O3. The van der Waals surface area contributed by atoms with Crippen molar-refractivity contribution in [2.24, 2.45) is 0 Å². The fourth-order valence-corrected chi connectivity index (χ4v) is 3.55. The van der Waals surface area contributed by atoms with Crippen LogP contribution in [0.1, 0.15) is 41.3 Å². The lowest BCUT2D eigenvalue weighted by Gasteiger charge is -2.33. The molecule has 6 heteroatoms. The smallest absolute Gasteiger partial charge is 0.263 e. The first kappa shape index (κ1) is 21.2. The van der Waals surface area contributed by atoms with Gasteiger partial charge < -0.3 is 15.0 Å². The molecule has 3 rings (SSSR count). The van der Waals surface area contributed by atoms with Crippen LogP contribution >= 0.6 is 11.6 Å². The summed E-state index contributed by atoms with van der Waals surface area (Å²) in [7, 11) is 0. The molecule has 1 aliphatic rings. The van der Waals surface area contributed by atoms with Gasteiger partial charge in [-0.05, 0) is 81.1 Å². The van der Waals surface area contributed by atoms with E-state index in [1.807, 2.05) is 32.0 Å². The molecule has 1 unspecified atom stereocenters. The number of carbonyl (C=O) groups is 2. The number of amides is 2. The third-order valence-corrected chi connectivity index (χ3v) is 5.64. The van der Waals surface area contributed by atoms with Crippen LogP contribution < -0.4 is 10.1 Å². The zero-order valence-electron chi connectivity index (χ0n) is 17.1. The van der Waals surface area contributed by atoms with Crippen molar-refractivity contribution in [3.8, 4) is 5.75 Å². The lowest BCUT2D eigenvalue weighted by atomic mass is 10.0. The van der Waals surface area contributed by atoms with Crippen LogP contribution in [-0.4, -0.2) is 41.9 Å². The van der Waals surface area contributed by atoms with E-state index in [-0.39, 0.29) is 17.9 Å². The Hall–Kier alpha value is -2.53. The Bertz CT molecular complexity index is 874. The second-order valence-electron chi connectivity index (χ2n) is 7.59. The third-order valence-electron chi connectivity index (χ3n) is 5.39. The summed E-state index contributed by atoms with van der Waals surface area (Å²) in [4.78, 5) is 27.0. The van der Waals surface area contributed by atoms with Crippen LogP contribution in [0.5, 0.6) is 5.75 Å². The molecule has 1 heterocycles. The molecule has 2 amide bonds. The molecule has 2 aromatic carbocycles. The van der Waals surface area contributed by atoms with E-state index in [1.165, 1.54) is 5.56 Å². The number of piperidine rings is 1. The van der Waals surface area contributed by atoms with E-state index in [4.69, 9.17) is 16.3 Å². The van der Waals surface area contributed by atoms with E-state index in [9.17, 15) is 9.59 Å². The number of benzene rings is 2. The van der Waals surface area contributed by atoms with Gasteiger partial charge in [0.25, 0.3) is 11.8 Å². The minimum absolute atomic E-state index is 0.0427. The van der Waals surface area contributed by atoms with Gasteiger partial charge in [-0.2, -0.15) is 0 Å². The number of nitrogens with zero attached hydrogens (tertiary/aromatic N) is 1. The lowest BCUT2D eigenvalue weighted by Crippen LogP contribution is -2.49. The topological polar surface area (TPSA) is 58.6 Å². The van der Waals surface area contributed by atoms with Gasteiger partial charge in [0.05, 0.1) is 0 Å². The summed E-state index contributed by atoms with van der Waals surface area (Å²) in [5.74, 6) is 0.516. The number of rotatable bonds is 5. The molecule has 5 nitrogen and oxygen atoms in total. The molecule has 1 aliphatic heterocycles. The molecule has 2 aromatic rings. The fraction of sp³-hybridized carbons (Fsp3) is 0.391. The van der Waals surface area contributed by atoms with Crippen LogP contribution in [0.2, 0.25) is 5.02 Å². The van der Waals surface area contributed by atoms with E-state index in [0.717, 1.165) is 18.4 Å². The van der Waals surface area contributed by atoms with Crippen LogP contribution in [0.4, 0.5) is 0 Å². The zero-order valence-corrected chi connectivity index (χ0v) is 17.8. The summed E-state index contributed by atoms with van der Waals surface area (Å²) in [5, 5.41) is 3.72. The van der Waals surface area contributed by atoms with Crippen molar-refractivity contribution in [1.29, 1.82) is 0 Å². The standard InChI is InChI=1S/C23H27ClN2O3/c1-15-4-5-18(14-16(15)2)22(27)25-20-10-12-26(13-11-20)23(28)17(3)29-21-8-6-19(24)7-9-21/h4-9,14,17,20H,10-13H2,1-3H3,(H,25,27). The Morgan fingerprint density at radius 1 is 1.07 bits per heavy atom. The number of hydrogen-bond acceptors (Lipinski definition) is 3. The summed E-state index contributed by atoms with van der Waals surface area (Å²) >= 11 is 5.88. The third kappa shape index (κ3) is 5.51.